The van der Waals surface area contributed by atoms with E-state index in [0.717, 1.165) is 22.2 Å². The van der Waals surface area contributed by atoms with Crippen LogP contribution in [0.3, 0.4) is 0 Å². The summed E-state index contributed by atoms with van der Waals surface area (Å²) < 4.78 is 5.74. The van der Waals surface area contributed by atoms with E-state index in [1.807, 2.05) is 54.6 Å². The molecule has 0 saturated carbocycles. The van der Waals surface area contributed by atoms with Gasteiger partial charge in [-0.2, -0.15) is 5.26 Å². The molecule has 1 heterocycles. The smallest absolute Gasteiger partial charge is 0.121 e. The van der Waals surface area contributed by atoms with Gasteiger partial charge < -0.3 is 9.72 Å². The second-order valence-corrected chi connectivity index (χ2v) is 4.32. The van der Waals surface area contributed by atoms with Crippen molar-refractivity contribution >= 4 is 10.9 Å². The third-order valence-electron chi connectivity index (χ3n) is 2.96. The monoisotopic (exact) mass is 248 g/mol. The van der Waals surface area contributed by atoms with Crippen molar-refractivity contribution in [2.24, 2.45) is 0 Å². The van der Waals surface area contributed by atoms with Crippen LogP contribution < -0.4 is 4.74 Å². The van der Waals surface area contributed by atoms with Crippen LogP contribution in [0.1, 0.15) is 11.3 Å². The number of rotatable bonds is 3. The molecule has 1 N–H and O–H groups in total. The van der Waals surface area contributed by atoms with E-state index in [1.54, 1.807) is 0 Å². The zero-order chi connectivity index (χ0) is 13.1. The van der Waals surface area contributed by atoms with E-state index >= 15 is 0 Å². The first-order chi connectivity index (χ1) is 9.35. The molecule has 3 nitrogen and oxygen atoms in total. The number of H-pyrrole nitrogens is 1. The van der Waals surface area contributed by atoms with Gasteiger partial charge in [-0.1, -0.05) is 30.3 Å². The summed E-state index contributed by atoms with van der Waals surface area (Å²) in [7, 11) is 0. The Morgan fingerprint density at radius 3 is 2.68 bits per heavy atom. The molecule has 2 aromatic carbocycles. The quantitative estimate of drug-likeness (QED) is 0.769. The molecule has 0 fully saturated rings. The molecule has 0 unspecified atom stereocenters. The van der Waals surface area contributed by atoms with Crippen LogP contribution in [0, 0.1) is 11.3 Å². The van der Waals surface area contributed by atoms with Crippen LogP contribution >= 0.6 is 0 Å². The maximum Gasteiger partial charge on any atom is 0.121 e. The van der Waals surface area contributed by atoms with Gasteiger partial charge in [-0.05, 0) is 23.8 Å². The lowest BCUT2D eigenvalue weighted by Crippen LogP contribution is -1.94. The summed E-state index contributed by atoms with van der Waals surface area (Å²) in [4.78, 5) is 3.04. The fraction of sp³-hybridized carbons (Fsp3) is 0.0625. The highest BCUT2D eigenvalue weighted by atomic mass is 16.5. The van der Waals surface area contributed by atoms with Crippen LogP contribution in [-0.4, -0.2) is 4.98 Å². The first-order valence-electron chi connectivity index (χ1n) is 6.05. The van der Waals surface area contributed by atoms with Gasteiger partial charge in [-0.3, -0.25) is 0 Å². The van der Waals surface area contributed by atoms with Crippen LogP contribution in [0.2, 0.25) is 0 Å². The Bertz CT molecular complexity index is 738. The van der Waals surface area contributed by atoms with Crippen molar-refractivity contribution in [2.75, 3.05) is 0 Å². The summed E-state index contributed by atoms with van der Waals surface area (Å²) in [5.74, 6) is 0.794. The van der Waals surface area contributed by atoms with E-state index < -0.39 is 0 Å². The van der Waals surface area contributed by atoms with Crippen LogP contribution in [0.25, 0.3) is 10.9 Å². The van der Waals surface area contributed by atoms with Crippen molar-refractivity contribution in [2.45, 2.75) is 6.61 Å². The standard InChI is InChI=1S/C16H12N2O/c17-10-14-8-13-6-7-15(9-16(13)18-14)19-11-12-4-2-1-3-5-12/h1-9,18H,11H2. The van der Waals surface area contributed by atoms with Crippen molar-refractivity contribution in [1.82, 2.24) is 4.98 Å². The lowest BCUT2D eigenvalue weighted by molar-refractivity contribution is 0.306. The minimum atomic E-state index is 0.540. The molecule has 0 aliphatic heterocycles. The molecule has 0 radical (unpaired) electrons. The molecule has 92 valence electrons. The van der Waals surface area contributed by atoms with Gasteiger partial charge in [0.1, 0.15) is 24.1 Å². The fourth-order valence-corrected chi connectivity index (χ4v) is 2.00. The van der Waals surface area contributed by atoms with Crippen LogP contribution in [0.15, 0.2) is 54.6 Å². The summed E-state index contributed by atoms with van der Waals surface area (Å²) in [6, 6.07) is 19.7. The first kappa shape index (κ1) is 11.4. The van der Waals surface area contributed by atoms with Crippen molar-refractivity contribution in [1.29, 1.82) is 5.26 Å². The number of nitriles is 1. The van der Waals surface area contributed by atoms with Gasteiger partial charge in [-0.25, -0.2) is 0 Å². The zero-order valence-electron chi connectivity index (χ0n) is 10.3. The largest absolute Gasteiger partial charge is 0.489 e. The Balaban J connectivity index is 1.80. The minimum Gasteiger partial charge on any atom is -0.489 e. The third kappa shape index (κ3) is 2.43. The molecule has 0 atom stereocenters. The molecule has 3 rings (SSSR count). The van der Waals surface area contributed by atoms with E-state index in [4.69, 9.17) is 10.00 Å². The van der Waals surface area contributed by atoms with Crippen LogP contribution in [-0.2, 0) is 6.61 Å². The van der Waals surface area contributed by atoms with Crippen molar-refractivity contribution < 1.29 is 4.74 Å². The molecule has 1 aromatic heterocycles. The predicted octanol–water partition coefficient (Wildman–Crippen LogP) is 3.62. The molecule has 0 aliphatic carbocycles. The second-order valence-electron chi connectivity index (χ2n) is 4.32. The van der Waals surface area contributed by atoms with Crippen molar-refractivity contribution in [3.05, 3.63) is 65.9 Å². The average molecular weight is 248 g/mol. The highest BCUT2D eigenvalue weighted by Crippen LogP contribution is 2.22. The zero-order valence-corrected chi connectivity index (χ0v) is 10.3. The molecular formula is C16H12N2O. The summed E-state index contributed by atoms with van der Waals surface area (Å²) in [6.45, 7) is 0.540. The number of nitrogens with one attached hydrogen (secondary N) is 1. The SMILES string of the molecule is N#Cc1cc2ccc(OCc3ccccc3)cc2[nH]1. The van der Waals surface area contributed by atoms with Gasteiger partial charge in [0, 0.05) is 11.5 Å². The summed E-state index contributed by atoms with van der Waals surface area (Å²) in [6.07, 6.45) is 0. The second kappa shape index (κ2) is 4.87. The van der Waals surface area contributed by atoms with E-state index in [0.29, 0.717) is 12.3 Å². The van der Waals surface area contributed by atoms with E-state index in [2.05, 4.69) is 11.1 Å². The van der Waals surface area contributed by atoms with Gasteiger partial charge in [0.25, 0.3) is 0 Å². The minimum absolute atomic E-state index is 0.540. The number of hydrogen-bond acceptors (Lipinski definition) is 2. The van der Waals surface area contributed by atoms with Gasteiger partial charge in [0.15, 0.2) is 0 Å². The van der Waals surface area contributed by atoms with Crippen LogP contribution in [0.4, 0.5) is 0 Å². The van der Waals surface area contributed by atoms with Gasteiger partial charge >= 0.3 is 0 Å². The average Bonchev–Trinajstić information content (AvgIpc) is 2.88. The highest BCUT2D eigenvalue weighted by molar-refractivity contribution is 5.82. The maximum absolute atomic E-state index is 8.85. The summed E-state index contributed by atoms with van der Waals surface area (Å²) >= 11 is 0. The number of aromatic amines is 1. The molecule has 3 heteroatoms. The summed E-state index contributed by atoms with van der Waals surface area (Å²) in [5.41, 5.74) is 2.61. The number of fused-ring (bicyclic) bond motifs is 1. The fourth-order valence-electron chi connectivity index (χ4n) is 2.00. The van der Waals surface area contributed by atoms with E-state index in [9.17, 15) is 0 Å². The van der Waals surface area contributed by atoms with Crippen molar-refractivity contribution in [3.8, 4) is 11.8 Å². The number of nitrogens with zero attached hydrogens (tertiary/aromatic N) is 1. The van der Waals surface area contributed by atoms with E-state index in [1.165, 1.54) is 0 Å². The Kier molecular flexibility index (Phi) is 2.91. The van der Waals surface area contributed by atoms with Crippen molar-refractivity contribution in [3.63, 3.8) is 0 Å². The van der Waals surface area contributed by atoms with Gasteiger partial charge in [-0.15, -0.1) is 0 Å². The molecular weight excluding hydrogens is 236 g/mol. The molecule has 19 heavy (non-hydrogen) atoms. The van der Waals surface area contributed by atoms with Gasteiger partial charge in [0.05, 0.1) is 5.52 Å². The molecule has 0 bridgehead atoms. The number of ether oxygens (including phenoxy) is 1. The van der Waals surface area contributed by atoms with Gasteiger partial charge in [0.2, 0.25) is 0 Å². The molecule has 0 saturated heterocycles. The number of hydrogen-bond donors (Lipinski definition) is 1. The lowest BCUT2D eigenvalue weighted by atomic mass is 10.2. The predicted molar refractivity (Wildman–Crippen MR) is 73.8 cm³/mol. The molecule has 3 aromatic rings. The normalized spacial score (nSPS) is 10.3. The maximum atomic E-state index is 8.85. The Labute approximate surface area is 111 Å². The third-order valence-corrected chi connectivity index (χ3v) is 2.96. The highest BCUT2D eigenvalue weighted by Gasteiger charge is 2.02. The lowest BCUT2D eigenvalue weighted by Gasteiger charge is -2.06. The van der Waals surface area contributed by atoms with E-state index in [-0.39, 0.29) is 0 Å². The topological polar surface area (TPSA) is 48.8 Å². The number of aromatic nitrogens is 1. The summed E-state index contributed by atoms with van der Waals surface area (Å²) in [5, 5.41) is 9.86. The molecule has 0 amide bonds. The van der Waals surface area contributed by atoms with Crippen LogP contribution in [0.5, 0.6) is 5.75 Å². The first-order valence-corrected chi connectivity index (χ1v) is 6.05. The Morgan fingerprint density at radius 1 is 1.05 bits per heavy atom. The Hall–Kier alpha value is -2.73. The Morgan fingerprint density at radius 2 is 1.89 bits per heavy atom. The molecule has 0 aliphatic rings. The number of benzene rings is 2. The molecule has 0 spiro atoms.